The topological polar surface area (TPSA) is 84.7 Å². The summed E-state index contributed by atoms with van der Waals surface area (Å²) in [6.45, 7) is 3.46. The summed E-state index contributed by atoms with van der Waals surface area (Å²) in [7, 11) is 0. The van der Waals surface area contributed by atoms with Gasteiger partial charge in [0, 0.05) is 35.5 Å². The summed E-state index contributed by atoms with van der Waals surface area (Å²) >= 11 is 3.45. The Hall–Kier alpha value is -4.17. The van der Waals surface area contributed by atoms with Crippen molar-refractivity contribution >= 4 is 33.4 Å². The van der Waals surface area contributed by atoms with Gasteiger partial charge in [-0.15, -0.1) is 0 Å². The number of carbonyl (C=O) groups excluding carboxylic acids is 2. The molecule has 1 atom stereocenters. The van der Waals surface area contributed by atoms with Crippen molar-refractivity contribution in [1.82, 2.24) is 14.5 Å². The van der Waals surface area contributed by atoms with Crippen molar-refractivity contribution in [3.8, 4) is 5.75 Å². The maximum absolute atomic E-state index is 13.3. The Bertz CT molecular complexity index is 1500. The minimum atomic E-state index is -0.696. The van der Waals surface area contributed by atoms with Crippen molar-refractivity contribution in [3.05, 3.63) is 124 Å². The van der Waals surface area contributed by atoms with E-state index in [2.05, 4.69) is 20.9 Å². The zero-order valence-corrected chi connectivity index (χ0v) is 23.0. The zero-order valence-electron chi connectivity index (χ0n) is 21.5. The minimum Gasteiger partial charge on any atom is -0.507 e. The second-order valence-corrected chi connectivity index (χ2v) is 10.4. The lowest BCUT2D eigenvalue weighted by Gasteiger charge is -2.25. The van der Waals surface area contributed by atoms with Crippen LogP contribution in [0.25, 0.3) is 5.76 Å². The molecule has 39 heavy (non-hydrogen) atoms. The SMILES string of the molecule is Cc1ccccc1COc1ccc(C(O)=C2C(=O)C(=O)N(CCCn3ccnc3)C2c2ccc(Br)cc2)cc1. The molecule has 2 heterocycles. The van der Waals surface area contributed by atoms with Crippen molar-refractivity contribution < 1.29 is 19.4 Å². The van der Waals surface area contributed by atoms with Gasteiger partial charge in [-0.3, -0.25) is 9.59 Å². The third-order valence-corrected chi connectivity index (χ3v) is 7.41. The van der Waals surface area contributed by atoms with E-state index >= 15 is 0 Å². The van der Waals surface area contributed by atoms with E-state index in [9.17, 15) is 14.7 Å². The van der Waals surface area contributed by atoms with Crippen molar-refractivity contribution in [1.29, 1.82) is 0 Å². The van der Waals surface area contributed by atoms with Crippen LogP contribution in [0.4, 0.5) is 0 Å². The number of benzene rings is 3. The molecular formula is C31H28BrN3O4. The van der Waals surface area contributed by atoms with Gasteiger partial charge in [0.25, 0.3) is 11.7 Å². The molecule has 1 aromatic heterocycles. The normalized spacial score (nSPS) is 16.6. The predicted molar refractivity (Wildman–Crippen MR) is 152 cm³/mol. The molecule has 0 aliphatic carbocycles. The number of amides is 1. The van der Waals surface area contributed by atoms with Gasteiger partial charge >= 0.3 is 0 Å². The van der Waals surface area contributed by atoms with Crippen LogP contribution in [-0.2, 0) is 22.7 Å². The number of ether oxygens (including phenoxy) is 1. The molecule has 1 saturated heterocycles. The molecule has 0 bridgehead atoms. The monoisotopic (exact) mass is 585 g/mol. The molecule has 5 rings (SSSR count). The largest absolute Gasteiger partial charge is 0.507 e. The number of halogens is 1. The average Bonchev–Trinajstić information content (AvgIpc) is 3.55. The van der Waals surface area contributed by atoms with Gasteiger partial charge in [-0.2, -0.15) is 0 Å². The van der Waals surface area contributed by atoms with Crippen LogP contribution in [0.15, 0.2) is 102 Å². The molecule has 0 saturated carbocycles. The first-order valence-electron chi connectivity index (χ1n) is 12.7. The first-order valence-corrected chi connectivity index (χ1v) is 13.5. The van der Waals surface area contributed by atoms with E-state index < -0.39 is 17.7 Å². The molecule has 1 aliphatic rings. The molecule has 0 spiro atoms. The van der Waals surface area contributed by atoms with Gasteiger partial charge in [0.15, 0.2) is 0 Å². The molecule has 1 N–H and O–H groups in total. The van der Waals surface area contributed by atoms with Crippen molar-refractivity contribution in [2.24, 2.45) is 0 Å². The Morgan fingerprint density at radius 3 is 2.44 bits per heavy atom. The van der Waals surface area contributed by atoms with Crippen LogP contribution in [0.1, 0.15) is 34.7 Å². The number of nitrogens with zero attached hydrogens (tertiary/aromatic N) is 3. The van der Waals surface area contributed by atoms with Gasteiger partial charge < -0.3 is 19.3 Å². The Morgan fingerprint density at radius 2 is 1.74 bits per heavy atom. The van der Waals surface area contributed by atoms with Gasteiger partial charge in [-0.1, -0.05) is 52.3 Å². The fourth-order valence-electron chi connectivity index (χ4n) is 4.74. The first kappa shape index (κ1) is 26.4. The Balaban J connectivity index is 1.41. The van der Waals surface area contributed by atoms with E-state index in [1.54, 1.807) is 41.7 Å². The number of carbonyl (C=O) groups is 2. The molecule has 1 unspecified atom stereocenters. The first-order chi connectivity index (χ1) is 18.9. The summed E-state index contributed by atoms with van der Waals surface area (Å²) in [4.78, 5) is 32.1. The summed E-state index contributed by atoms with van der Waals surface area (Å²) in [5, 5.41) is 11.3. The predicted octanol–water partition coefficient (Wildman–Crippen LogP) is 6.05. The summed E-state index contributed by atoms with van der Waals surface area (Å²) < 4.78 is 8.73. The lowest BCUT2D eigenvalue weighted by atomic mass is 9.95. The van der Waals surface area contributed by atoms with Gasteiger partial charge in [-0.05, 0) is 66.4 Å². The number of aliphatic hydroxyl groups excluding tert-OH is 1. The second-order valence-electron chi connectivity index (χ2n) is 9.44. The minimum absolute atomic E-state index is 0.0820. The van der Waals surface area contributed by atoms with Crippen LogP contribution in [0, 0.1) is 6.92 Å². The number of ketones is 1. The maximum Gasteiger partial charge on any atom is 0.295 e. The smallest absolute Gasteiger partial charge is 0.295 e. The van der Waals surface area contributed by atoms with Gasteiger partial charge in [0.05, 0.1) is 17.9 Å². The van der Waals surface area contributed by atoms with Crippen molar-refractivity contribution in [2.45, 2.75) is 32.5 Å². The van der Waals surface area contributed by atoms with E-state index in [4.69, 9.17) is 4.74 Å². The van der Waals surface area contributed by atoms with Crippen LogP contribution in [0.5, 0.6) is 5.75 Å². The Labute approximate surface area is 235 Å². The molecule has 7 nitrogen and oxygen atoms in total. The van der Waals surface area contributed by atoms with Crippen molar-refractivity contribution in [2.75, 3.05) is 6.54 Å². The molecule has 3 aromatic carbocycles. The Morgan fingerprint density at radius 1 is 1.00 bits per heavy atom. The maximum atomic E-state index is 13.3. The number of aliphatic hydroxyl groups is 1. The van der Waals surface area contributed by atoms with Crippen LogP contribution in [-0.4, -0.2) is 37.8 Å². The average molecular weight is 586 g/mol. The van der Waals surface area contributed by atoms with Crippen LogP contribution < -0.4 is 4.74 Å². The standard InChI is InChI=1S/C31H28BrN3O4/c1-21-5-2-3-6-24(21)19-39-26-13-9-23(10-14-26)29(36)27-28(22-7-11-25(32)12-8-22)35(31(38)30(27)37)17-4-16-34-18-15-33-20-34/h2-3,5-15,18,20,28,36H,4,16-17,19H2,1H3. The highest BCUT2D eigenvalue weighted by molar-refractivity contribution is 9.10. The lowest BCUT2D eigenvalue weighted by Crippen LogP contribution is -2.31. The van der Waals surface area contributed by atoms with Crippen molar-refractivity contribution in [3.63, 3.8) is 0 Å². The van der Waals surface area contributed by atoms with E-state index in [0.29, 0.717) is 37.4 Å². The zero-order chi connectivity index (χ0) is 27.4. The molecule has 0 radical (unpaired) electrons. The number of aromatic nitrogens is 2. The summed E-state index contributed by atoms with van der Waals surface area (Å²) in [6, 6.07) is 21.7. The number of rotatable bonds is 9. The summed E-state index contributed by atoms with van der Waals surface area (Å²) in [5.41, 5.74) is 3.51. The third kappa shape index (κ3) is 5.81. The molecule has 8 heteroatoms. The molecule has 1 fully saturated rings. The highest BCUT2D eigenvalue weighted by Gasteiger charge is 2.45. The fraction of sp³-hybridized carbons (Fsp3) is 0.194. The van der Waals surface area contributed by atoms with E-state index in [-0.39, 0.29) is 11.3 Å². The quantitative estimate of drug-likeness (QED) is 0.147. The number of imidazole rings is 1. The van der Waals surface area contributed by atoms with Crippen LogP contribution in [0.3, 0.4) is 0 Å². The summed E-state index contributed by atoms with van der Waals surface area (Å²) in [5.74, 6) is -0.876. The number of likely N-dealkylation sites (tertiary alicyclic amines) is 1. The number of hydrogen-bond acceptors (Lipinski definition) is 5. The van der Waals surface area contributed by atoms with E-state index in [1.807, 2.05) is 66.2 Å². The van der Waals surface area contributed by atoms with E-state index in [1.165, 1.54) is 0 Å². The van der Waals surface area contributed by atoms with Gasteiger partial charge in [0.2, 0.25) is 0 Å². The Kier molecular flexibility index (Phi) is 7.93. The lowest BCUT2D eigenvalue weighted by molar-refractivity contribution is -0.139. The fourth-order valence-corrected chi connectivity index (χ4v) is 5.01. The third-order valence-electron chi connectivity index (χ3n) is 6.88. The molecule has 1 aliphatic heterocycles. The molecule has 198 valence electrons. The number of Topliss-reactive ketones (excluding diaryl/α,β-unsaturated/α-hetero) is 1. The molecular weight excluding hydrogens is 558 g/mol. The molecule has 4 aromatic rings. The summed E-state index contributed by atoms with van der Waals surface area (Å²) in [6.07, 6.45) is 5.90. The number of aryl methyl sites for hydroxylation is 2. The highest BCUT2D eigenvalue weighted by Crippen LogP contribution is 2.40. The van der Waals surface area contributed by atoms with Gasteiger partial charge in [0.1, 0.15) is 18.1 Å². The van der Waals surface area contributed by atoms with Crippen LogP contribution >= 0.6 is 15.9 Å². The van der Waals surface area contributed by atoms with Gasteiger partial charge in [-0.25, -0.2) is 4.98 Å². The number of hydrogen-bond donors (Lipinski definition) is 1. The highest BCUT2D eigenvalue weighted by atomic mass is 79.9. The second kappa shape index (κ2) is 11.7. The van der Waals surface area contributed by atoms with E-state index in [0.717, 1.165) is 21.2 Å². The van der Waals surface area contributed by atoms with Crippen LogP contribution in [0.2, 0.25) is 0 Å². The molecule has 1 amide bonds.